The van der Waals surface area contributed by atoms with E-state index in [0.29, 0.717) is 15.7 Å². The molecule has 2 aromatic heterocycles. The number of aromatic nitrogens is 2. The van der Waals surface area contributed by atoms with E-state index in [2.05, 4.69) is 15.3 Å². The van der Waals surface area contributed by atoms with E-state index >= 15 is 0 Å². The molecule has 0 aliphatic carbocycles. The average Bonchev–Trinajstić information content (AvgIpc) is 2.89. The number of nitrogens with one attached hydrogen (secondary N) is 1. The van der Waals surface area contributed by atoms with Gasteiger partial charge >= 0.3 is 5.97 Å². The Morgan fingerprint density at radius 2 is 2.00 bits per heavy atom. The number of nitrogens with zero attached hydrogens (tertiary/aromatic N) is 2. The Morgan fingerprint density at radius 3 is 2.72 bits per heavy atom. The summed E-state index contributed by atoms with van der Waals surface area (Å²) in [6.45, 7) is 7.48. The molecular formula is C18H18ClN3O2S. The largest absolute Gasteiger partial charge is 0.459 e. The highest BCUT2D eigenvalue weighted by Gasteiger charge is 2.21. The highest BCUT2D eigenvalue weighted by atomic mass is 35.5. The number of fused-ring (bicyclic) bond motifs is 1. The van der Waals surface area contributed by atoms with Gasteiger partial charge in [-0.2, -0.15) is 0 Å². The molecule has 2 heterocycles. The van der Waals surface area contributed by atoms with Crippen molar-refractivity contribution in [3.8, 4) is 0 Å². The van der Waals surface area contributed by atoms with E-state index in [1.807, 2.05) is 45.9 Å². The number of aryl methyl sites for hydroxylation is 1. The number of rotatable bonds is 4. The quantitative estimate of drug-likeness (QED) is 0.629. The zero-order chi connectivity index (χ0) is 18.1. The number of carbonyl (C=O) groups excluding carboxylic acids is 1. The van der Waals surface area contributed by atoms with Gasteiger partial charge in [-0.15, -0.1) is 11.3 Å². The lowest BCUT2D eigenvalue weighted by atomic mass is 10.1. The topological polar surface area (TPSA) is 64.1 Å². The van der Waals surface area contributed by atoms with Crippen LogP contribution in [0.15, 0.2) is 24.5 Å². The highest BCUT2D eigenvalue weighted by molar-refractivity contribution is 7.20. The molecule has 0 radical (unpaired) electrons. The second-order valence-electron chi connectivity index (χ2n) is 5.95. The molecule has 0 saturated heterocycles. The molecule has 0 atom stereocenters. The van der Waals surface area contributed by atoms with Crippen molar-refractivity contribution < 1.29 is 9.53 Å². The van der Waals surface area contributed by atoms with Crippen molar-refractivity contribution in [2.75, 3.05) is 5.32 Å². The van der Waals surface area contributed by atoms with Gasteiger partial charge in [0.2, 0.25) is 0 Å². The van der Waals surface area contributed by atoms with Gasteiger partial charge in [-0.25, -0.2) is 14.8 Å². The molecule has 0 aliphatic rings. The summed E-state index contributed by atoms with van der Waals surface area (Å²) in [6, 6.07) is 5.65. The smallest absolute Gasteiger partial charge is 0.348 e. The molecule has 5 nitrogen and oxygen atoms in total. The van der Waals surface area contributed by atoms with Crippen molar-refractivity contribution >= 4 is 50.6 Å². The van der Waals surface area contributed by atoms with E-state index in [-0.39, 0.29) is 12.1 Å². The van der Waals surface area contributed by atoms with Crippen molar-refractivity contribution in [1.29, 1.82) is 0 Å². The van der Waals surface area contributed by atoms with Gasteiger partial charge < -0.3 is 10.1 Å². The van der Waals surface area contributed by atoms with Crippen LogP contribution in [-0.4, -0.2) is 22.0 Å². The predicted octanol–water partition coefficient (Wildman–Crippen LogP) is 5.27. The van der Waals surface area contributed by atoms with E-state index in [1.54, 1.807) is 0 Å². The van der Waals surface area contributed by atoms with Crippen LogP contribution in [-0.2, 0) is 4.74 Å². The van der Waals surface area contributed by atoms with Gasteiger partial charge in [0.15, 0.2) is 0 Å². The van der Waals surface area contributed by atoms with E-state index < -0.39 is 0 Å². The molecular weight excluding hydrogens is 358 g/mol. The van der Waals surface area contributed by atoms with E-state index in [0.717, 1.165) is 27.0 Å². The lowest BCUT2D eigenvalue weighted by Gasteiger charge is -2.11. The lowest BCUT2D eigenvalue weighted by molar-refractivity contribution is 0.0383. The van der Waals surface area contributed by atoms with Crippen LogP contribution < -0.4 is 5.32 Å². The molecule has 7 heteroatoms. The third-order valence-corrected chi connectivity index (χ3v) is 5.37. The highest BCUT2D eigenvalue weighted by Crippen LogP contribution is 2.36. The van der Waals surface area contributed by atoms with Crippen LogP contribution >= 0.6 is 22.9 Å². The minimum absolute atomic E-state index is 0.171. The van der Waals surface area contributed by atoms with Crippen LogP contribution in [0.4, 0.5) is 11.5 Å². The second kappa shape index (κ2) is 6.98. The maximum Gasteiger partial charge on any atom is 0.348 e. The summed E-state index contributed by atoms with van der Waals surface area (Å²) in [4.78, 5) is 22.3. The van der Waals surface area contributed by atoms with Gasteiger partial charge in [0.1, 0.15) is 21.9 Å². The maximum atomic E-state index is 12.3. The Balaban J connectivity index is 2.06. The van der Waals surface area contributed by atoms with Crippen LogP contribution in [0.5, 0.6) is 0 Å². The molecule has 0 spiro atoms. The molecule has 25 heavy (non-hydrogen) atoms. The lowest BCUT2D eigenvalue weighted by Crippen LogP contribution is -2.11. The number of hydrogen-bond acceptors (Lipinski definition) is 6. The van der Waals surface area contributed by atoms with E-state index in [4.69, 9.17) is 16.3 Å². The molecule has 1 aromatic carbocycles. The first-order valence-electron chi connectivity index (χ1n) is 7.85. The number of halogens is 1. The first-order valence-corrected chi connectivity index (χ1v) is 9.05. The zero-order valence-corrected chi connectivity index (χ0v) is 16.0. The zero-order valence-electron chi connectivity index (χ0n) is 14.4. The monoisotopic (exact) mass is 375 g/mol. The molecule has 0 aliphatic heterocycles. The summed E-state index contributed by atoms with van der Waals surface area (Å²) in [7, 11) is 0. The molecule has 3 aromatic rings. The minimum Gasteiger partial charge on any atom is -0.459 e. The molecule has 0 saturated carbocycles. The van der Waals surface area contributed by atoms with Crippen LogP contribution in [0.2, 0.25) is 5.02 Å². The molecule has 130 valence electrons. The van der Waals surface area contributed by atoms with Crippen molar-refractivity contribution in [3.05, 3.63) is 45.6 Å². The molecule has 0 amide bonds. The van der Waals surface area contributed by atoms with E-state index in [1.165, 1.54) is 17.7 Å². The standard InChI is InChI=1S/C18H18ClN3O2S/c1-9(2)24-18(23)15-11(4)14-16(20-8-21-17(14)25-15)22-13-7-5-6-12(19)10(13)3/h5-9H,1-4H3,(H,20,21,22). The van der Waals surface area contributed by atoms with Crippen LogP contribution in [0.3, 0.4) is 0 Å². The number of esters is 1. The Hall–Kier alpha value is -2.18. The summed E-state index contributed by atoms with van der Waals surface area (Å²) in [5.74, 6) is 0.313. The normalized spacial score (nSPS) is 11.1. The Bertz CT molecular complexity index is 953. The Labute approximate surface area is 155 Å². The van der Waals surface area contributed by atoms with Crippen LogP contribution in [0.25, 0.3) is 10.2 Å². The third-order valence-electron chi connectivity index (χ3n) is 3.78. The second-order valence-corrected chi connectivity index (χ2v) is 7.36. The van der Waals surface area contributed by atoms with Gasteiger partial charge in [-0.3, -0.25) is 0 Å². The van der Waals surface area contributed by atoms with Crippen molar-refractivity contribution in [2.45, 2.75) is 33.8 Å². The van der Waals surface area contributed by atoms with Crippen molar-refractivity contribution in [1.82, 2.24) is 9.97 Å². The molecule has 3 rings (SSSR count). The van der Waals surface area contributed by atoms with Gasteiger partial charge in [-0.1, -0.05) is 17.7 Å². The fraction of sp³-hybridized carbons (Fsp3) is 0.278. The number of carbonyl (C=O) groups is 1. The van der Waals surface area contributed by atoms with Gasteiger partial charge in [0.05, 0.1) is 11.5 Å². The summed E-state index contributed by atoms with van der Waals surface area (Å²) in [6.07, 6.45) is 1.31. The average molecular weight is 376 g/mol. The summed E-state index contributed by atoms with van der Waals surface area (Å²) < 4.78 is 5.33. The molecule has 0 fully saturated rings. The summed E-state index contributed by atoms with van der Waals surface area (Å²) in [5, 5.41) is 4.81. The molecule has 0 bridgehead atoms. The van der Waals surface area contributed by atoms with Crippen molar-refractivity contribution in [2.24, 2.45) is 0 Å². The number of anilines is 2. The molecule has 1 N–H and O–H groups in total. The maximum absolute atomic E-state index is 12.3. The third kappa shape index (κ3) is 3.45. The van der Waals surface area contributed by atoms with Gasteiger partial charge in [-0.05, 0) is 51.0 Å². The fourth-order valence-electron chi connectivity index (χ4n) is 2.50. The SMILES string of the molecule is Cc1c(Cl)cccc1Nc1ncnc2sc(C(=O)OC(C)C)c(C)c12. The number of hydrogen-bond donors (Lipinski definition) is 1. The van der Waals surface area contributed by atoms with Gasteiger partial charge in [0.25, 0.3) is 0 Å². The molecule has 0 unspecified atom stereocenters. The minimum atomic E-state index is -0.333. The Kier molecular flexibility index (Phi) is 4.92. The van der Waals surface area contributed by atoms with Crippen LogP contribution in [0.1, 0.15) is 34.6 Å². The van der Waals surface area contributed by atoms with Gasteiger partial charge in [0, 0.05) is 10.7 Å². The number of ether oxygens (including phenoxy) is 1. The first kappa shape index (κ1) is 17.6. The van der Waals surface area contributed by atoms with Crippen LogP contribution in [0, 0.1) is 13.8 Å². The number of thiophene rings is 1. The fourth-order valence-corrected chi connectivity index (χ4v) is 3.71. The van der Waals surface area contributed by atoms with E-state index in [9.17, 15) is 4.79 Å². The van der Waals surface area contributed by atoms with Crippen molar-refractivity contribution in [3.63, 3.8) is 0 Å². The number of benzene rings is 1. The first-order chi connectivity index (χ1) is 11.9. The predicted molar refractivity (Wildman–Crippen MR) is 102 cm³/mol. The summed E-state index contributed by atoms with van der Waals surface area (Å²) >= 11 is 7.51. The summed E-state index contributed by atoms with van der Waals surface area (Å²) in [5.41, 5.74) is 2.61. The Morgan fingerprint density at radius 1 is 1.24 bits per heavy atom.